The number of alkyl halides is 3. The van der Waals surface area contributed by atoms with E-state index in [1.54, 1.807) is 13.0 Å². The molecule has 1 aliphatic heterocycles. The second kappa shape index (κ2) is 5.52. The molecule has 0 spiro atoms. The molecule has 0 bridgehead atoms. The number of carbonyl (C=O) groups is 1. The summed E-state index contributed by atoms with van der Waals surface area (Å²) < 4.78 is 42.7. The maximum atomic E-state index is 12.5. The van der Waals surface area contributed by atoms with Crippen LogP contribution in [0.1, 0.15) is 12.6 Å². The molecule has 1 aromatic heterocycles. The normalized spacial score (nSPS) is 16.3. The number of allylic oxidation sites excluding steroid dienone is 1. The lowest BCUT2D eigenvalue weighted by molar-refractivity contribution is -0.141. The van der Waals surface area contributed by atoms with Gasteiger partial charge in [-0.1, -0.05) is 12.1 Å². The molecular weight excluding hydrogens is 273 g/mol. The molecule has 0 atom stereocenters. The third-order valence-corrected chi connectivity index (χ3v) is 2.77. The molecular formula is C13H13F3N2O2. The third-order valence-electron chi connectivity index (χ3n) is 2.77. The minimum atomic E-state index is -4.49. The zero-order valence-electron chi connectivity index (χ0n) is 10.7. The van der Waals surface area contributed by atoms with Gasteiger partial charge in [0.1, 0.15) is 11.8 Å². The number of hydrogen-bond donors (Lipinski definition) is 0. The number of nitrogens with zero attached hydrogens (tertiary/aromatic N) is 2. The van der Waals surface area contributed by atoms with Crippen molar-refractivity contribution in [3.63, 3.8) is 0 Å². The van der Waals surface area contributed by atoms with E-state index in [0.29, 0.717) is 13.1 Å². The van der Waals surface area contributed by atoms with Gasteiger partial charge in [-0.2, -0.15) is 13.2 Å². The number of amides is 1. The summed E-state index contributed by atoms with van der Waals surface area (Å²) in [6.45, 7) is 2.43. The van der Waals surface area contributed by atoms with E-state index < -0.39 is 11.9 Å². The molecule has 0 radical (unpaired) electrons. The average molecular weight is 286 g/mol. The van der Waals surface area contributed by atoms with Gasteiger partial charge in [0, 0.05) is 6.07 Å². The molecule has 108 valence electrons. The van der Waals surface area contributed by atoms with Crippen molar-refractivity contribution in [2.75, 3.05) is 13.1 Å². The fraction of sp³-hybridized carbons (Fsp3) is 0.385. The Morgan fingerprint density at radius 2 is 2.15 bits per heavy atom. The largest absolute Gasteiger partial charge is 0.471 e. The van der Waals surface area contributed by atoms with Crippen molar-refractivity contribution < 1.29 is 22.7 Å². The van der Waals surface area contributed by atoms with Crippen LogP contribution < -0.4 is 4.74 Å². The monoisotopic (exact) mass is 286 g/mol. The summed E-state index contributed by atoms with van der Waals surface area (Å²) in [5.74, 6) is -0.215. The van der Waals surface area contributed by atoms with E-state index in [9.17, 15) is 18.0 Å². The molecule has 0 unspecified atom stereocenters. The van der Waals surface area contributed by atoms with Gasteiger partial charge in [0.25, 0.3) is 0 Å². The van der Waals surface area contributed by atoms with Gasteiger partial charge in [-0.05, 0) is 19.1 Å². The van der Waals surface area contributed by atoms with Crippen LogP contribution in [0.5, 0.6) is 5.88 Å². The Morgan fingerprint density at radius 1 is 1.45 bits per heavy atom. The van der Waals surface area contributed by atoms with Crippen LogP contribution in [0, 0.1) is 0 Å². The Kier molecular flexibility index (Phi) is 3.96. The van der Waals surface area contributed by atoms with Crippen molar-refractivity contribution in [1.82, 2.24) is 9.88 Å². The molecule has 1 amide bonds. The first kappa shape index (κ1) is 14.4. The number of hydrogen-bond acceptors (Lipinski definition) is 3. The SMILES string of the molecule is C/C=C/C(=O)N1CC(Oc2cccc(C(F)(F)F)n2)C1. The van der Waals surface area contributed by atoms with Gasteiger partial charge in [-0.15, -0.1) is 0 Å². The Hall–Kier alpha value is -2.05. The van der Waals surface area contributed by atoms with Crippen LogP contribution in [0.2, 0.25) is 0 Å². The molecule has 20 heavy (non-hydrogen) atoms. The lowest BCUT2D eigenvalue weighted by Crippen LogP contribution is -2.55. The average Bonchev–Trinajstić information content (AvgIpc) is 2.33. The minimum Gasteiger partial charge on any atom is -0.471 e. The zero-order valence-corrected chi connectivity index (χ0v) is 10.7. The molecule has 0 saturated carbocycles. The number of pyridine rings is 1. The molecule has 2 heterocycles. The van der Waals surface area contributed by atoms with Crippen LogP contribution in [-0.4, -0.2) is 35.0 Å². The fourth-order valence-electron chi connectivity index (χ4n) is 1.75. The van der Waals surface area contributed by atoms with Gasteiger partial charge in [0.05, 0.1) is 13.1 Å². The Bertz CT molecular complexity index is 523. The van der Waals surface area contributed by atoms with Gasteiger partial charge in [0.2, 0.25) is 11.8 Å². The number of likely N-dealkylation sites (tertiary alicyclic amines) is 1. The Labute approximate surface area is 113 Å². The van der Waals surface area contributed by atoms with E-state index >= 15 is 0 Å². The highest BCUT2D eigenvalue weighted by atomic mass is 19.4. The zero-order chi connectivity index (χ0) is 14.8. The summed E-state index contributed by atoms with van der Waals surface area (Å²) in [6, 6.07) is 3.49. The number of halogens is 3. The molecule has 4 nitrogen and oxygen atoms in total. The van der Waals surface area contributed by atoms with Gasteiger partial charge in [-0.25, -0.2) is 4.98 Å². The third kappa shape index (κ3) is 3.28. The number of ether oxygens (including phenoxy) is 1. The smallest absolute Gasteiger partial charge is 0.433 e. The molecule has 0 aliphatic carbocycles. The molecule has 7 heteroatoms. The predicted molar refractivity (Wildman–Crippen MR) is 65.0 cm³/mol. The molecule has 0 aromatic carbocycles. The topological polar surface area (TPSA) is 42.4 Å². The second-order valence-electron chi connectivity index (χ2n) is 4.34. The number of aromatic nitrogens is 1. The van der Waals surface area contributed by atoms with Crippen LogP contribution in [0.15, 0.2) is 30.4 Å². The quantitative estimate of drug-likeness (QED) is 0.800. The number of rotatable bonds is 3. The summed E-state index contributed by atoms with van der Waals surface area (Å²) in [5, 5.41) is 0. The maximum absolute atomic E-state index is 12.5. The first-order chi connectivity index (χ1) is 9.40. The van der Waals surface area contributed by atoms with Gasteiger partial charge in [0.15, 0.2) is 0 Å². The highest BCUT2D eigenvalue weighted by Crippen LogP contribution is 2.29. The van der Waals surface area contributed by atoms with E-state index in [1.165, 1.54) is 23.1 Å². The summed E-state index contributed by atoms with van der Waals surface area (Å²) in [7, 11) is 0. The van der Waals surface area contributed by atoms with Gasteiger partial charge in [-0.3, -0.25) is 4.79 Å². The van der Waals surface area contributed by atoms with Crippen molar-refractivity contribution in [2.45, 2.75) is 19.2 Å². The van der Waals surface area contributed by atoms with Crippen LogP contribution in [0.25, 0.3) is 0 Å². The van der Waals surface area contributed by atoms with Gasteiger partial charge >= 0.3 is 6.18 Å². The van der Waals surface area contributed by atoms with E-state index in [4.69, 9.17) is 4.74 Å². The predicted octanol–water partition coefficient (Wildman–Crippen LogP) is 2.27. The van der Waals surface area contributed by atoms with E-state index in [2.05, 4.69) is 4.98 Å². The lowest BCUT2D eigenvalue weighted by atomic mass is 10.1. The van der Waals surface area contributed by atoms with E-state index in [0.717, 1.165) is 6.07 Å². The van der Waals surface area contributed by atoms with Crippen LogP contribution >= 0.6 is 0 Å². The van der Waals surface area contributed by atoms with E-state index in [-0.39, 0.29) is 17.9 Å². The van der Waals surface area contributed by atoms with E-state index in [1.807, 2.05) is 0 Å². The maximum Gasteiger partial charge on any atom is 0.433 e. The summed E-state index contributed by atoms with van der Waals surface area (Å²) in [5.41, 5.74) is -0.990. The molecule has 2 rings (SSSR count). The summed E-state index contributed by atoms with van der Waals surface area (Å²) in [6.07, 6.45) is -1.75. The van der Waals surface area contributed by atoms with Gasteiger partial charge < -0.3 is 9.64 Å². The molecule has 1 aliphatic rings. The minimum absolute atomic E-state index is 0.0806. The van der Waals surface area contributed by atoms with Crippen molar-refractivity contribution >= 4 is 5.91 Å². The standard InChI is InChI=1S/C13H13F3N2O2/c1-2-4-12(19)18-7-9(8-18)20-11-6-3-5-10(17-11)13(14,15)16/h2-6,9H,7-8H2,1H3/b4-2+. The fourth-order valence-corrected chi connectivity index (χ4v) is 1.75. The highest BCUT2D eigenvalue weighted by Gasteiger charge is 2.34. The Balaban J connectivity index is 1.92. The Morgan fingerprint density at radius 3 is 2.75 bits per heavy atom. The van der Waals surface area contributed by atoms with Crippen molar-refractivity contribution in [3.8, 4) is 5.88 Å². The van der Waals surface area contributed by atoms with Crippen LogP contribution in [-0.2, 0) is 11.0 Å². The first-order valence-electron chi connectivity index (χ1n) is 6.02. The molecule has 1 saturated heterocycles. The van der Waals surface area contributed by atoms with Crippen LogP contribution in [0.4, 0.5) is 13.2 Å². The highest BCUT2D eigenvalue weighted by molar-refractivity contribution is 5.88. The summed E-state index contributed by atoms with van der Waals surface area (Å²) in [4.78, 5) is 16.4. The first-order valence-corrected chi connectivity index (χ1v) is 6.02. The molecule has 1 fully saturated rings. The molecule has 0 N–H and O–H groups in total. The van der Waals surface area contributed by atoms with Crippen molar-refractivity contribution in [2.24, 2.45) is 0 Å². The van der Waals surface area contributed by atoms with Crippen molar-refractivity contribution in [1.29, 1.82) is 0 Å². The lowest BCUT2D eigenvalue weighted by Gasteiger charge is -2.38. The molecule has 1 aromatic rings. The van der Waals surface area contributed by atoms with Crippen molar-refractivity contribution in [3.05, 3.63) is 36.0 Å². The van der Waals surface area contributed by atoms with Crippen LogP contribution in [0.3, 0.4) is 0 Å². The number of carbonyl (C=O) groups excluding carboxylic acids is 1. The summed E-state index contributed by atoms with van der Waals surface area (Å²) >= 11 is 0. The second-order valence-corrected chi connectivity index (χ2v) is 4.34.